The summed E-state index contributed by atoms with van der Waals surface area (Å²) in [6, 6.07) is 8.04. The number of hydrogen-bond donors (Lipinski definition) is 3. The highest BCUT2D eigenvalue weighted by molar-refractivity contribution is 7.12. The SMILES string of the molecule is CC(O)c1ccc(C2(CNC(=O)NCc3cccs3)CCCC2)s1. The lowest BCUT2D eigenvalue weighted by Gasteiger charge is -2.28. The molecule has 6 heteroatoms. The van der Waals surface area contributed by atoms with Gasteiger partial charge >= 0.3 is 6.03 Å². The molecule has 24 heavy (non-hydrogen) atoms. The standard InChI is InChI=1S/C18H24N2O2S2/c1-13(21)15-6-7-16(24-15)18(8-2-3-9-18)12-20-17(22)19-11-14-5-4-10-23-14/h4-7,10,13,21H,2-3,8-9,11-12H2,1H3,(H2,19,20,22). The zero-order valence-corrected chi connectivity index (χ0v) is 15.5. The van der Waals surface area contributed by atoms with Crippen molar-refractivity contribution < 1.29 is 9.90 Å². The maximum absolute atomic E-state index is 12.1. The number of nitrogens with one attached hydrogen (secondary N) is 2. The third-order valence-electron chi connectivity index (χ3n) is 4.71. The zero-order chi connectivity index (χ0) is 17.0. The summed E-state index contributed by atoms with van der Waals surface area (Å²) < 4.78 is 0. The van der Waals surface area contributed by atoms with Gasteiger partial charge in [0, 0.05) is 26.6 Å². The van der Waals surface area contributed by atoms with Crippen molar-refractivity contribution in [1.82, 2.24) is 10.6 Å². The molecule has 4 nitrogen and oxygen atoms in total. The molecule has 3 rings (SSSR count). The Morgan fingerprint density at radius 1 is 1.29 bits per heavy atom. The van der Waals surface area contributed by atoms with Crippen molar-refractivity contribution in [3.05, 3.63) is 44.3 Å². The first-order chi connectivity index (χ1) is 11.6. The van der Waals surface area contributed by atoms with E-state index in [2.05, 4.69) is 16.7 Å². The molecule has 1 atom stereocenters. The van der Waals surface area contributed by atoms with E-state index in [0.717, 1.165) is 22.6 Å². The number of urea groups is 1. The highest BCUT2D eigenvalue weighted by Gasteiger charge is 2.37. The highest BCUT2D eigenvalue weighted by Crippen LogP contribution is 2.44. The van der Waals surface area contributed by atoms with E-state index in [1.165, 1.54) is 17.7 Å². The Hall–Kier alpha value is -1.37. The van der Waals surface area contributed by atoms with Crippen LogP contribution in [-0.2, 0) is 12.0 Å². The Bertz CT molecular complexity index is 658. The van der Waals surface area contributed by atoms with Crippen molar-refractivity contribution in [2.45, 2.75) is 50.7 Å². The Morgan fingerprint density at radius 3 is 2.71 bits per heavy atom. The zero-order valence-electron chi connectivity index (χ0n) is 13.9. The van der Waals surface area contributed by atoms with Crippen LogP contribution in [0.5, 0.6) is 0 Å². The summed E-state index contributed by atoms with van der Waals surface area (Å²) >= 11 is 3.33. The minimum Gasteiger partial charge on any atom is -0.388 e. The quantitative estimate of drug-likeness (QED) is 0.720. The van der Waals surface area contributed by atoms with Gasteiger partial charge in [-0.25, -0.2) is 4.79 Å². The van der Waals surface area contributed by atoms with Gasteiger partial charge in [-0.1, -0.05) is 18.9 Å². The van der Waals surface area contributed by atoms with Gasteiger partial charge in [-0.3, -0.25) is 0 Å². The van der Waals surface area contributed by atoms with Crippen molar-refractivity contribution in [3.63, 3.8) is 0 Å². The van der Waals surface area contributed by atoms with E-state index >= 15 is 0 Å². The molecule has 130 valence electrons. The Morgan fingerprint density at radius 2 is 2.08 bits per heavy atom. The molecule has 2 aromatic heterocycles. The number of aliphatic hydroxyl groups excluding tert-OH is 1. The number of rotatable bonds is 6. The van der Waals surface area contributed by atoms with E-state index in [9.17, 15) is 9.90 Å². The van der Waals surface area contributed by atoms with Crippen molar-refractivity contribution in [3.8, 4) is 0 Å². The molecule has 1 aliphatic carbocycles. The summed E-state index contributed by atoms with van der Waals surface area (Å²) in [6.45, 7) is 3.03. The number of amides is 2. The van der Waals surface area contributed by atoms with Crippen molar-refractivity contribution >= 4 is 28.7 Å². The molecule has 0 bridgehead atoms. The van der Waals surface area contributed by atoms with Crippen LogP contribution in [0.2, 0.25) is 0 Å². The fourth-order valence-corrected chi connectivity index (χ4v) is 5.15. The molecule has 2 amide bonds. The first-order valence-corrected chi connectivity index (χ1v) is 10.1. The van der Waals surface area contributed by atoms with Gasteiger partial charge in [0.2, 0.25) is 0 Å². The molecule has 1 unspecified atom stereocenters. The van der Waals surface area contributed by atoms with Gasteiger partial charge in [0.1, 0.15) is 0 Å². The summed E-state index contributed by atoms with van der Waals surface area (Å²) in [4.78, 5) is 15.6. The van der Waals surface area contributed by atoms with Gasteiger partial charge in [0.05, 0.1) is 12.6 Å². The molecule has 1 saturated carbocycles. The van der Waals surface area contributed by atoms with Crippen LogP contribution in [0.15, 0.2) is 29.6 Å². The van der Waals surface area contributed by atoms with E-state index in [1.807, 2.05) is 23.6 Å². The first-order valence-electron chi connectivity index (χ1n) is 8.41. The van der Waals surface area contributed by atoms with Crippen LogP contribution in [0.1, 0.15) is 53.3 Å². The topological polar surface area (TPSA) is 61.4 Å². The maximum Gasteiger partial charge on any atom is 0.315 e. The first kappa shape index (κ1) is 17.5. The van der Waals surface area contributed by atoms with Crippen LogP contribution >= 0.6 is 22.7 Å². The van der Waals surface area contributed by atoms with E-state index in [0.29, 0.717) is 13.1 Å². The second-order valence-corrected chi connectivity index (χ2v) is 8.63. The number of thiophene rings is 2. The molecule has 2 aromatic rings. The van der Waals surface area contributed by atoms with Crippen molar-refractivity contribution in [2.75, 3.05) is 6.54 Å². The molecule has 0 aliphatic heterocycles. The fourth-order valence-electron chi connectivity index (χ4n) is 3.32. The number of carbonyl (C=O) groups excluding carboxylic acids is 1. The van der Waals surface area contributed by atoms with E-state index < -0.39 is 6.10 Å². The molecule has 1 fully saturated rings. The molecule has 0 spiro atoms. The second kappa shape index (κ2) is 7.68. The minimum absolute atomic E-state index is 0.0259. The van der Waals surface area contributed by atoms with Crippen LogP contribution in [0.4, 0.5) is 4.79 Å². The summed E-state index contributed by atoms with van der Waals surface area (Å²) in [5.74, 6) is 0. The lowest BCUT2D eigenvalue weighted by atomic mass is 9.84. The largest absolute Gasteiger partial charge is 0.388 e. The third-order valence-corrected chi connectivity index (χ3v) is 7.09. The smallest absolute Gasteiger partial charge is 0.315 e. The molecule has 1 aliphatic rings. The summed E-state index contributed by atoms with van der Waals surface area (Å²) in [5, 5.41) is 17.8. The molecular weight excluding hydrogens is 340 g/mol. The van der Waals surface area contributed by atoms with Crippen molar-refractivity contribution in [2.24, 2.45) is 0 Å². The van der Waals surface area contributed by atoms with Gasteiger partial charge in [-0.15, -0.1) is 22.7 Å². The van der Waals surface area contributed by atoms with Crippen LogP contribution < -0.4 is 10.6 Å². The highest BCUT2D eigenvalue weighted by atomic mass is 32.1. The Kier molecular flexibility index (Phi) is 5.58. The van der Waals surface area contributed by atoms with Crippen molar-refractivity contribution in [1.29, 1.82) is 0 Å². The average Bonchev–Trinajstić information content (AvgIpc) is 3.32. The Labute approximate surface area is 150 Å². The third kappa shape index (κ3) is 3.99. The molecule has 0 radical (unpaired) electrons. The summed E-state index contributed by atoms with van der Waals surface area (Å²) in [7, 11) is 0. The van der Waals surface area contributed by atoms with Crippen LogP contribution in [-0.4, -0.2) is 17.7 Å². The molecular formula is C18H24N2O2S2. The lowest BCUT2D eigenvalue weighted by Crippen LogP contribution is -2.43. The van der Waals surface area contributed by atoms with Crippen LogP contribution in [0.25, 0.3) is 0 Å². The molecule has 0 saturated heterocycles. The normalized spacial score (nSPS) is 17.6. The van der Waals surface area contributed by atoms with E-state index in [4.69, 9.17) is 0 Å². The van der Waals surface area contributed by atoms with Crippen LogP contribution in [0, 0.1) is 0 Å². The summed E-state index contributed by atoms with van der Waals surface area (Å²) in [5.41, 5.74) is 0.0259. The van der Waals surface area contributed by atoms with Crippen LogP contribution in [0.3, 0.4) is 0 Å². The summed E-state index contributed by atoms with van der Waals surface area (Å²) in [6.07, 6.45) is 4.15. The number of carbonyl (C=O) groups is 1. The number of aliphatic hydroxyl groups is 1. The predicted molar refractivity (Wildman–Crippen MR) is 99.7 cm³/mol. The molecule has 2 heterocycles. The lowest BCUT2D eigenvalue weighted by molar-refractivity contribution is 0.203. The van der Waals surface area contributed by atoms with Gasteiger partial charge in [-0.05, 0) is 43.3 Å². The second-order valence-electron chi connectivity index (χ2n) is 6.48. The van der Waals surface area contributed by atoms with Gasteiger partial charge in [0.15, 0.2) is 0 Å². The molecule has 3 N–H and O–H groups in total. The monoisotopic (exact) mass is 364 g/mol. The fraction of sp³-hybridized carbons (Fsp3) is 0.500. The van der Waals surface area contributed by atoms with Gasteiger partial charge < -0.3 is 15.7 Å². The minimum atomic E-state index is -0.427. The maximum atomic E-state index is 12.1. The van der Waals surface area contributed by atoms with E-state index in [-0.39, 0.29) is 11.4 Å². The number of hydrogen-bond acceptors (Lipinski definition) is 4. The average molecular weight is 365 g/mol. The van der Waals surface area contributed by atoms with Gasteiger partial charge in [-0.2, -0.15) is 0 Å². The molecule has 0 aromatic carbocycles. The van der Waals surface area contributed by atoms with Gasteiger partial charge in [0.25, 0.3) is 0 Å². The Balaban J connectivity index is 1.60. The van der Waals surface area contributed by atoms with E-state index in [1.54, 1.807) is 29.6 Å². The predicted octanol–water partition coefficient (Wildman–Crippen LogP) is 4.17.